The van der Waals surface area contributed by atoms with Crippen molar-refractivity contribution in [1.29, 1.82) is 0 Å². The van der Waals surface area contributed by atoms with Gasteiger partial charge in [-0.3, -0.25) is 20.0 Å². The van der Waals surface area contributed by atoms with E-state index in [-0.39, 0.29) is 25.0 Å². The first kappa shape index (κ1) is 28.0. The van der Waals surface area contributed by atoms with Gasteiger partial charge < -0.3 is 14.2 Å². The van der Waals surface area contributed by atoms with Crippen LogP contribution < -0.4 is 9.47 Å². The number of ether oxygens (including phenoxy) is 3. The van der Waals surface area contributed by atoms with Crippen molar-refractivity contribution in [1.82, 2.24) is 15.4 Å². The van der Waals surface area contributed by atoms with Crippen LogP contribution >= 0.6 is 0 Å². The van der Waals surface area contributed by atoms with E-state index in [1.54, 1.807) is 6.07 Å². The van der Waals surface area contributed by atoms with Crippen molar-refractivity contribution in [3.05, 3.63) is 83.7 Å². The molecule has 3 rings (SSSR count). The standard InChI is InChI=1S/C27H33N3O7/c1-27(20-12-6-4-7-13-20,21-14-8-5-9-15-21)22(26(31)36-16-10-11-17-37-30(32)33)18-23-28-24(34-2)19-25(29-23)35-3/h4-9,12-15,19,22,32-33H,10-11,16-18H2,1-3H3/t22-/m1/s1. The second kappa shape index (κ2) is 13.7. The first-order valence-corrected chi connectivity index (χ1v) is 11.9. The molecule has 0 saturated heterocycles. The summed E-state index contributed by atoms with van der Waals surface area (Å²) in [6.07, 6.45) is 1.10. The topological polar surface area (TPSA) is 123 Å². The predicted molar refractivity (Wildman–Crippen MR) is 133 cm³/mol. The fraction of sp³-hybridized carbons (Fsp3) is 0.370. The minimum atomic E-state index is -0.781. The van der Waals surface area contributed by atoms with Crippen molar-refractivity contribution in [2.24, 2.45) is 5.92 Å². The van der Waals surface area contributed by atoms with E-state index < -0.39 is 17.3 Å². The molecule has 2 N–H and O–H groups in total. The second-order valence-electron chi connectivity index (χ2n) is 8.52. The van der Waals surface area contributed by atoms with Crippen molar-refractivity contribution in [3.8, 4) is 11.8 Å². The van der Waals surface area contributed by atoms with Crippen LogP contribution in [0.1, 0.15) is 36.7 Å². The summed E-state index contributed by atoms with van der Waals surface area (Å²) >= 11 is 0. The predicted octanol–water partition coefficient (Wildman–Crippen LogP) is 3.99. The van der Waals surface area contributed by atoms with E-state index in [1.807, 2.05) is 67.6 Å². The summed E-state index contributed by atoms with van der Waals surface area (Å²) in [5, 5.41) is 16.9. The monoisotopic (exact) mass is 511 g/mol. The molecule has 0 spiro atoms. The Balaban J connectivity index is 1.97. The molecule has 198 valence electrons. The number of rotatable bonds is 14. The Kier molecular flexibility index (Phi) is 10.3. The number of hydrogen-bond acceptors (Lipinski definition) is 10. The van der Waals surface area contributed by atoms with E-state index in [4.69, 9.17) is 24.6 Å². The Morgan fingerprint density at radius 1 is 0.892 bits per heavy atom. The van der Waals surface area contributed by atoms with Crippen molar-refractivity contribution in [3.63, 3.8) is 0 Å². The van der Waals surface area contributed by atoms with Crippen molar-refractivity contribution in [2.45, 2.75) is 31.6 Å². The maximum Gasteiger partial charge on any atom is 0.310 e. The van der Waals surface area contributed by atoms with E-state index in [9.17, 15) is 4.79 Å². The van der Waals surface area contributed by atoms with Gasteiger partial charge in [0.25, 0.3) is 0 Å². The van der Waals surface area contributed by atoms with Crippen molar-refractivity contribution >= 4 is 5.97 Å². The van der Waals surface area contributed by atoms with Crippen LogP contribution in [0.25, 0.3) is 0 Å². The van der Waals surface area contributed by atoms with Gasteiger partial charge in [0, 0.05) is 11.8 Å². The molecule has 0 radical (unpaired) electrons. The van der Waals surface area contributed by atoms with Gasteiger partial charge >= 0.3 is 5.97 Å². The summed E-state index contributed by atoms with van der Waals surface area (Å²) in [5.74, 6) is -0.0624. The quantitative estimate of drug-likeness (QED) is 0.186. The molecule has 0 aliphatic rings. The molecule has 0 unspecified atom stereocenters. The minimum absolute atomic E-state index is 0.0666. The number of carbonyl (C=O) groups excluding carboxylic acids is 1. The smallest absolute Gasteiger partial charge is 0.310 e. The molecule has 0 bridgehead atoms. The lowest BCUT2D eigenvalue weighted by Crippen LogP contribution is -2.41. The van der Waals surface area contributed by atoms with E-state index in [1.165, 1.54) is 14.2 Å². The van der Waals surface area contributed by atoms with Gasteiger partial charge in [-0.2, -0.15) is 9.97 Å². The molecule has 3 aromatic rings. The highest BCUT2D eigenvalue weighted by molar-refractivity contribution is 5.76. The summed E-state index contributed by atoms with van der Waals surface area (Å²) in [6, 6.07) is 21.2. The summed E-state index contributed by atoms with van der Waals surface area (Å²) in [7, 11) is 3.01. The highest BCUT2D eigenvalue weighted by Crippen LogP contribution is 2.41. The molecular weight excluding hydrogens is 478 g/mol. The third-order valence-electron chi connectivity index (χ3n) is 6.25. The van der Waals surface area contributed by atoms with Gasteiger partial charge in [0.1, 0.15) is 5.82 Å². The summed E-state index contributed by atoms with van der Waals surface area (Å²) < 4.78 is 16.4. The lowest BCUT2D eigenvalue weighted by Gasteiger charge is -2.37. The molecule has 2 aromatic carbocycles. The highest BCUT2D eigenvalue weighted by Gasteiger charge is 2.43. The summed E-state index contributed by atoms with van der Waals surface area (Å²) in [4.78, 5) is 27.2. The van der Waals surface area contributed by atoms with E-state index >= 15 is 0 Å². The summed E-state index contributed by atoms with van der Waals surface area (Å²) in [6.45, 7) is 2.22. The Bertz CT molecular complexity index is 1050. The van der Waals surface area contributed by atoms with Crippen LogP contribution in [0, 0.1) is 5.92 Å². The van der Waals surface area contributed by atoms with Gasteiger partial charge in [-0.15, -0.1) is 0 Å². The molecule has 0 fully saturated rings. The lowest BCUT2D eigenvalue weighted by molar-refractivity contribution is -0.492. The molecule has 0 aliphatic carbocycles. The van der Waals surface area contributed by atoms with Crippen LogP contribution in [0.3, 0.4) is 0 Å². The number of carbonyl (C=O) groups is 1. The zero-order valence-corrected chi connectivity index (χ0v) is 21.2. The molecule has 1 atom stereocenters. The summed E-state index contributed by atoms with van der Waals surface area (Å²) in [5.41, 5.74) is 1.10. The lowest BCUT2D eigenvalue weighted by atomic mass is 9.66. The van der Waals surface area contributed by atoms with Crippen molar-refractivity contribution < 1.29 is 34.3 Å². The number of benzene rings is 2. The first-order chi connectivity index (χ1) is 17.9. The van der Waals surface area contributed by atoms with Gasteiger partial charge in [0.05, 0.1) is 44.8 Å². The molecule has 0 aliphatic heterocycles. The fourth-order valence-electron chi connectivity index (χ4n) is 4.22. The van der Waals surface area contributed by atoms with Crippen molar-refractivity contribution in [2.75, 3.05) is 27.4 Å². The van der Waals surface area contributed by atoms with Crippen LogP contribution in [0.2, 0.25) is 0 Å². The van der Waals surface area contributed by atoms with Crippen LogP contribution in [0.4, 0.5) is 0 Å². The average Bonchev–Trinajstić information content (AvgIpc) is 2.93. The van der Waals surface area contributed by atoms with Gasteiger partial charge in [-0.25, -0.2) is 0 Å². The van der Waals surface area contributed by atoms with Crippen LogP contribution in [0.5, 0.6) is 11.8 Å². The molecule has 10 nitrogen and oxygen atoms in total. The second-order valence-corrected chi connectivity index (χ2v) is 8.52. The zero-order chi connectivity index (χ0) is 26.7. The molecule has 0 saturated carbocycles. The Morgan fingerprint density at radius 3 is 1.89 bits per heavy atom. The van der Waals surface area contributed by atoms with Gasteiger partial charge in [-0.05, 0) is 24.0 Å². The largest absolute Gasteiger partial charge is 0.481 e. The Morgan fingerprint density at radius 2 is 1.41 bits per heavy atom. The SMILES string of the molecule is COc1cc(OC)nc(C[C@H](C(=O)OCCCCON(O)O)C(C)(c2ccccc2)c2ccccc2)n1. The van der Waals surface area contributed by atoms with Crippen LogP contribution in [-0.4, -0.2) is 59.2 Å². The molecule has 1 aromatic heterocycles. The van der Waals surface area contributed by atoms with E-state index in [0.717, 1.165) is 11.1 Å². The minimum Gasteiger partial charge on any atom is -0.481 e. The third-order valence-corrected chi connectivity index (χ3v) is 6.25. The zero-order valence-electron chi connectivity index (χ0n) is 21.2. The van der Waals surface area contributed by atoms with E-state index in [2.05, 4.69) is 14.8 Å². The number of nitrogens with zero attached hydrogens (tertiary/aromatic N) is 3. The van der Waals surface area contributed by atoms with Gasteiger partial charge in [-0.1, -0.05) is 67.6 Å². The van der Waals surface area contributed by atoms with Gasteiger partial charge in [0.15, 0.2) is 0 Å². The van der Waals surface area contributed by atoms with Crippen LogP contribution in [0.15, 0.2) is 66.7 Å². The molecule has 10 heteroatoms. The third kappa shape index (κ3) is 7.46. The molecule has 1 heterocycles. The van der Waals surface area contributed by atoms with Gasteiger partial charge in [0.2, 0.25) is 11.8 Å². The Hall–Kier alpha value is -3.57. The average molecular weight is 512 g/mol. The molecular formula is C27H33N3O7. The Labute approximate surface area is 216 Å². The molecule has 37 heavy (non-hydrogen) atoms. The van der Waals surface area contributed by atoms with Crippen LogP contribution in [-0.2, 0) is 26.2 Å². The number of esters is 1. The number of methoxy groups -OCH3 is 2. The maximum atomic E-state index is 13.7. The van der Waals surface area contributed by atoms with E-state index in [0.29, 0.717) is 30.4 Å². The number of aromatic nitrogens is 2. The normalized spacial score (nSPS) is 12.3. The fourth-order valence-corrected chi connectivity index (χ4v) is 4.22. The maximum absolute atomic E-state index is 13.7. The highest BCUT2D eigenvalue weighted by atomic mass is 17.1. The molecule has 0 amide bonds. The number of unbranched alkanes of at least 4 members (excludes halogenated alkanes) is 1. The number of hydrogen-bond donors (Lipinski definition) is 2. The first-order valence-electron chi connectivity index (χ1n) is 11.9.